The SMILES string of the molecule is Cc1cc(C)n(C(C)C(=O)Nc2cccc(CN)c2)n1. The van der Waals surface area contributed by atoms with Crippen LogP contribution in [-0.4, -0.2) is 15.7 Å². The minimum absolute atomic E-state index is 0.0922. The highest BCUT2D eigenvalue weighted by molar-refractivity contribution is 5.93. The van der Waals surface area contributed by atoms with E-state index in [2.05, 4.69) is 10.4 Å². The Morgan fingerprint density at radius 3 is 2.75 bits per heavy atom. The second-order valence-electron chi connectivity index (χ2n) is 4.94. The molecule has 2 rings (SSSR count). The first kappa shape index (κ1) is 14.3. The molecule has 20 heavy (non-hydrogen) atoms. The molecule has 1 aromatic heterocycles. The molecule has 0 aliphatic carbocycles. The molecule has 0 saturated heterocycles. The van der Waals surface area contributed by atoms with Crippen LogP contribution in [0.3, 0.4) is 0 Å². The molecule has 1 heterocycles. The Hall–Kier alpha value is -2.14. The molecule has 2 aromatic rings. The van der Waals surface area contributed by atoms with Gasteiger partial charge in [0.15, 0.2) is 0 Å². The molecule has 3 N–H and O–H groups in total. The summed E-state index contributed by atoms with van der Waals surface area (Å²) in [6.07, 6.45) is 0. The second kappa shape index (κ2) is 5.88. The van der Waals surface area contributed by atoms with Crippen LogP contribution in [0.1, 0.15) is 29.9 Å². The summed E-state index contributed by atoms with van der Waals surface area (Å²) in [5.41, 5.74) is 9.22. The fourth-order valence-corrected chi connectivity index (χ4v) is 2.17. The molecule has 5 heteroatoms. The summed E-state index contributed by atoms with van der Waals surface area (Å²) in [7, 11) is 0. The quantitative estimate of drug-likeness (QED) is 0.895. The highest BCUT2D eigenvalue weighted by atomic mass is 16.2. The van der Waals surface area contributed by atoms with Gasteiger partial charge in [-0.3, -0.25) is 9.48 Å². The molecule has 1 aromatic carbocycles. The molecular weight excluding hydrogens is 252 g/mol. The van der Waals surface area contributed by atoms with E-state index in [4.69, 9.17) is 5.73 Å². The van der Waals surface area contributed by atoms with E-state index in [0.717, 1.165) is 22.6 Å². The van der Waals surface area contributed by atoms with E-state index in [9.17, 15) is 4.79 Å². The number of benzene rings is 1. The Morgan fingerprint density at radius 2 is 2.15 bits per heavy atom. The number of nitrogens with zero attached hydrogens (tertiary/aromatic N) is 2. The summed E-state index contributed by atoms with van der Waals surface area (Å²) in [5, 5.41) is 7.24. The predicted octanol–water partition coefficient (Wildman–Crippen LogP) is 2.16. The second-order valence-corrected chi connectivity index (χ2v) is 4.94. The molecule has 1 amide bonds. The standard InChI is InChI=1S/C15H20N4O/c1-10-7-11(2)19(18-10)12(3)15(20)17-14-6-4-5-13(8-14)9-16/h4-8,12H,9,16H2,1-3H3,(H,17,20). The monoisotopic (exact) mass is 272 g/mol. The molecule has 0 radical (unpaired) electrons. The number of aryl methyl sites for hydroxylation is 2. The van der Waals surface area contributed by atoms with Crippen LogP contribution in [0.25, 0.3) is 0 Å². The van der Waals surface area contributed by atoms with Crippen molar-refractivity contribution in [3.63, 3.8) is 0 Å². The Morgan fingerprint density at radius 1 is 1.40 bits per heavy atom. The van der Waals surface area contributed by atoms with Gasteiger partial charge in [-0.15, -0.1) is 0 Å². The van der Waals surface area contributed by atoms with Gasteiger partial charge in [-0.2, -0.15) is 5.10 Å². The van der Waals surface area contributed by atoms with Gasteiger partial charge in [0, 0.05) is 17.9 Å². The Labute approximate surface area is 118 Å². The van der Waals surface area contributed by atoms with Crippen LogP contribution in [0, 0.1) is 13.8 Å². The summed E-state index contributed by atoms with van der Waals surface area (Å²) in [4.78, 5) is 12.3. The third kappa shape index (κ3) is 3.05. The van der Waals surface area contributed by atoms with Crippen molar-refractivity contribution >= 4 is 11.6 Å². The van der Waals surface area contributed by atoms with Gasteiger partial charge in [0.2, 0.25) is 5.91 Å². The lowest BCUT2D eigenvalue weighted by Gasteiger charge is -2.15. The first-order valence-corrected chi connectivity index (χ1v) is 6.64. The van der Waals surface area contributed by atoms with Gasteiger partial charge in [-0.05, 0) is 44.5 Å². The molecule has 0 fully saturated rings. The zero-order chi connectivity index (χ0) is 14.7. The molecule has 0 aliphatic rings. The van der Waals surface area contributed by atoms with Crippen molar-refractivity contribution in [3.8, 4) is 0 Å². The maximum absolute atomic E-state index is 12.3. The van der Waals surface area contributed by atoms with Crippen molar-refractivity contribution in [3.05, 3.63) is 47.3 Å². The summed E-state index contributed by atoms with van der Waals surface area (Å²) >= 11 is 0. The van der Waals surface area contributed by atoms with E-state index < -0.39 is 0 Å². The number of carbonyl (C=O) groups is 1. The van der Waals surface area contributed by atoms with Crippen LogP contribution in [-0.2, 0) is 11.3 Å². The fourth-order valence-electron chi connectivity index (χ4n) is 2.17. The highest BCUT2D eigenvalue weighted by Gasteiger charge is 2.17. The lowest BCUT2D eigenvalue weighted by Crippen LogP contribution is -2.25. The van der Waals surface area contributed by atoms with Gasteiger partial charge in [0.1, 0.15) is 6.04 Å². The predicted molar refractivity (Wildman–Crippen MR) is 79.4 cm³/mol. The van der Waals surface area contributed by atoms with Crippen LogP contribution in [0.2, 0.25) is 0 Å². The number of carbonyl (C=O) groups excluding carboxylic acids is 1. The van der Waals surface area contributed by atoms with Crippen molar-refractivity contribution in [2.24, 2.45) is 5.73 Å². The van der Waals surface area contributed by atoms with E-state index >= 15 is 0 Å². The molecule has 5 nitrogen and oxygen atoms in total. The van der Waals surface area contributed by atoms with Gasteiger partial charge in [-0.1, -0.05) is 12.1 Å². The van der Waals surface area contributed by atoms with E-state index in [-0.39, 0.29) is 11.9 Å². The minimum atomic E-state index is -0.356. The smallest absolute Gasteiger partial charge is 0.248 e. The topological polar surface area (TPSA) is 72.9 Å². The zero-order valence-electron chi connectivity index (χ0n) is 12.1. The van der Waals surface area contributed by atoms with E-state index in [1.54, 1.807) is 4.68 Å². The Kier molecular flexibility index (Phi) is 4.20. The third-order valence-corrected chi connectivity index (χ3v) is 3.22. The molecule has 1 unspecified atom stereocenters. The Bertz CT molecular complexity index is 618. The largest absolute Gasteiger partial charge is 0.326 e. The van der Waals surface area contributed by atoms with Crippen molar-refractivity contribution in [2.75, 3.05) is 5.32 Å². The number of hydrogen-bond donors (Lipinski definition) is 2. The maximum atomic E-state index is 12.3. The van der Waals surface area contributed by atoms with Gasteiger partial charge >= 0.3 is 0 Å². The number of aromatic nitrogens is 2. The first-order chi connectivity index (χ1) is 9.51. The third-order valence-electron chi connectivity index (χ3n) is 3.22. The number of hydrogen-bond acceptors (Lipinski definition) is 3. The number of nitrogens with two attached hydrogens (primary N) is 1. The average Bonchev–Trinajstić information content (AvgIpc) is 2.77. The Balaban J connectivity index is 2.13. The molecule has 0 spiro atoms. The van der Waals surface area contributed by atoms with Gasteiger partial charge < -0.3 is 11.1 Å². The summed E-state index contributed by atoms with van der Waals surface area (Å²) in [6, 6.07) is 9.15. The molecule has 1 atom stereocenters. The number of nitrogens with one attached hydrogen (secondary N) is 1. The molecular formula is C15H20N4O. The van der Waals surface area contributed by atoms with Crippen LogP contribution in [0.4, 0.5) is 5.69 Å². The van der Waals surface area contributed by atoms with E-state index in [1.807, 2.05) is 51.1 Å². The van der Waals surface area contributed by atoms with Crippen molar-refractivity contribution in [2.45, 2.75) is 33.4 Å². The van der Waals surface area contributed by atoms with Crippen molar-refractivity contribution < 1.29 is 4.79 Å². The van der Waals surface area contributed by atoms with E-state index in [1.165, 1.54) is 0 Å². The minimum Gasteiger partial charge on any atom is -0.326 e. The summed E-state index contributed by atoms with van der Waals surface area (Å²) in [5.74, 6) is -0.0922. The number of anilines is 1. The van der Waals surface area contributed by atoms with Crippen molar-refractivity contribution in [1.82, 2.24) is 9.78 Å². The van der Waals surface area contributed by atoms with Crippen molar-refractivity contribution in [1.29, 1.82) is 0 Å². The molecule has 0 bridgehead atoms. The van der Waals surface area contributed by atoms with Gasteiger partial charge in [0.25, 0.3) is 0 Å². The normalized spacial score (nSPS) is 12.2. The summed E-state index contributed by atoms with van der Waals surface area (Å²) in [6.45, 7) is 6.15. The lowest BCUT2D eigenvalue weighted by atomic mass is 10.2. The van der Waals surface area contributed by atoms with E-state index in [0.29, 0.717) is 6.54 Å². The highest BCUT2D eigenvalue weighted by Crippen LogP contribution is 2.15. The van der Waals surface area contributed by atoms with Crippen LogP contribution in [0.5, 0.6) is 0 Å². The maximum Gasteiger partial charge on any atom is 0.248 e. The van der Waals surface area contributed by atoms with Gasteiger partial charge in [-0.25, -0.2) is 0 Å². The summed E-state index contributed by atoms with van der Waals surface area (Å²) < 4.78 is 1.73. The number of rotatable bonds is 4. The molecule has 0 saturated carbocycles. The number of amides is 1. The first-order valence-electron chi connectivity index (χ1n) is 6.64. The fraction of sp³-hybridized carbons (Fsp3) is 0.333. The molecule has 0 aliphatic heterocycles. The zero-order valence-corrected chi connectivity index (χ0v) is 12.1. The van der Waals surface area contributed by atoms with Crippen LogP contribution < -0.4 is 11.1 Å². The van der Waals surface area contributed by atoms with Crippen LogP contribution in [0.15, 0.2) is 30.3 Å². The average molecular weight is 272 g/mol. The lowest BCUT2D eigenvalue weighted by molar-refractivity contribution is -0.119. The van der Waals surface area contributed by atoms with Gasteiger partial charge in [0.05, 0.1) is 5.69 Å². The van der Waals surface area contributed by atoms with Crippen LogP contribution >= 0.6 is 0 Å². The molecule has 106 valence electrons.